The molecule has 0 bridgehead atoms. The monoisotopic (exact) mass is 217 g/mol. The highest BCUT2D eigenvalue weighted by molar-refractivity contribution is 5.40. The van der Waals surface area contributed by atoms with Gasteiger partial charge in [-0.1, -0.05) is 12.1 Å². The zero-order valence-electron chi connectivity index (χ0n) is 10.7. The molecule has 88 valence electrons. The first kappa shape index (κ1) is 11.7. The van der Waals surface area contributed by atoms with Crippen molar-refractivity contribution >= 4 is 0 Å². The fourth-order valence-electron chi connectivity index (χ4n) is 2.85. The molecule has 1 fully saturated rings. The average Bonchev–Trinajstić information content (AvgIpc) is 2.28. The molecule has 1 nitrogen and oxygen atoms in total. The molecule has 1 aromatic carbocycles. The number of rotatable bonds is 1. The molecule has 0 heterocycles. The molecule has 1 aliphatic carbocycles. The third-order valence-electron chi connectivity index (χ3n) is 4.31. The van der Waals surface area contributed by atoms with Crippen LogP contribution >= 0.6 is 0 Å². The van der Waals surface area contributed by atoms with Crippen molar-refractivity contribution < 1.29 is 0 Å². The Morgan fingerprint density at radius 2 is 1.56 bits per heavy atom. The number of aryl methyl sites for hydroxylation is 1. The van der Waals surface area contributed by atoms with Crippen LogP contribution in [0.4, 0.5) is 0 Å². The van der Waals surface area contributed by atoms with Gasteiger partial charge >= 0.3 is 0 Å². The second kappa shape index (κ2) is 4.58. The highest BCUT2D eigenvalue weighted by atomic mass is 14.6. The van der Waals surface area contributed by atoms with E-state index < -0.39 is 0 Å². The topological polar surface area (TPSA) is 26.0 Å². The first-order valence-corrected chi connectivity index (χ1v) is 6.42. The molecule has 16 heavy (non-hydrogen) atoms. The predicted octanol–water partition coefficient (Wildman–Crippen LogP) is 3.60. The lowest BCUT2D eigenvalue weighted by Crippen LogP contribution is -2.26. The molecular weight excluding hydrogens is 194 g/mol. The van der Waals surface area contributed by atoms with Crippen LogP contribution in [0.2, 0.25) is 0 Å². The van der Waals surface area contributed by atoms with Crippen LogP contribution in [-0.4, -0.2) is 6.04 Å². The minimum atomic E-state index is 0.447. The van der Waals surface area contributed by atoms with Crippen LogP contribution in [0.25, 0.3) is 0 Å². The van der Waals surface area contributed by atoms with Crippen LogP contribution in [0.1, 0.15) is 53.9 Å². The van der Waals surface area contributed by atoms with Crippen LogP contribution < -0.4 is 5.73 Å². The van der Waals surface area contributed by atoms with Gasteiger partial charge in [-0.05, 0) is 74.6 Å². The van der Waals surface area contributed by atoms with Gasteiger partial charge in [0.05, 0.1) is 0 Å². The van der Waals surface area contributed by atoms with E-state index in [1.807, 2.05) is 0 Å². The summed E-state index contributed by atoms with van der Waals surface area (Å²) in [5.74, 6) is 0.749. The quantitative estimate of drug-likeness (QED) is 0.764. The summed E-state index contributed by atoms with van der Waals surface area (Å²) in [5.41, 5.74) is 11.9. The van der Waals surface area contributed by atoms with Crippen molar-refractivity contribution in [2.75, 3.05) is 0 Å². The molecule has 2 rings (SSSR count). The normalized spacial score (nSPS) is 25.8. The summed E-state index contributed by atoms with van der Waals surface area (Å²) in [4.78, 5) is 0. The van der Waals surface area contributed by atoms with E-state index in [1.54, 1.807) is 5.56 Å². The summed E-state index contributed by atoms with van der Waals surface area (Å²) >= 11 is 0. The third-order valence-corrected chi connectivity index (χ3v) is 4.31. The smallest absolute Gasteiger partial charge is 0.00392 e. The second-order valence-electron chi connectivity index (χ2n) is 5.33. The van der Waals surface area contributed by atoms with E-state index in [4.69, 9.17) is 5.73 Å². The van der Waals surface area contributed by atoms with E-state index in [2.05, 4.69) is 32.9 Å². The molecule has 0 spiro atoms. The predicted molar refractivity (Wildman–Crippen MR) is 69.8 cm³/mol. The van der Waals surface area contributed by atoms with E-state index in [0.29, 0.717) is 6.04 Å². The van der Waals surface area contributed by atoms with Crippen molar-refractivity contribution in [1.29, 1.82) is 0 Å². The number of hydrogen-bond donors (Lipinski definition) is 1. The van der Waals surface area contributed by atoms with Crippen LogP contribution in [0, 0.1) is 20.8 Å². The Balaban J connectivity index is 2.24. The number of hydrogen-bond acceptors (Lipinski definition) is 1. The Kier molecular flexibility index (Phi) is 3.34. The van der Waals surface area contributed by atoms with Gasteiger partial charge in [0.2, 0.25) is 0 Å². The maximum atomic E-state index is 5.97. The summed E-state index contributed by atoms with van der Waals surface area (Å²) in [5, 5.41) is 0. The molecule has 1 aliphatic rings. The van der Waals surface area contributed by atoms with E-state index in [9.17, 15) is 0 Å². The molecule has 0 saturated heterocycles. The summed E-state index contributed by atoms with van der Waals surface area (Å²) in [6.45, 7) is 6.71. The van der Waals surface area contributed by atoms with Crippen LogP contribution in [0.15, 0.2) is 12.1 Å². The largest absolute Gasteiger partial charge is 0.328 e. The van der Waals surface area contributed by atoms with Crippen LogP contribution in [0.5, 0.6) is 0 Å². The Labute approximate surface area is 99.0 Å². The SMILES string of the molecule is Cc1ccc(C2CCC(N)CC2)c(C)c1C. The second-order valence-corrected chi connectivity index (χ2v) is 5.33. The van der Waals surface area contributed by atoms with Crippen molar-refractivity contribution in [2.45, 2.75) is 58.4 Å². The Morgan fingerprint density at radius 1 is 0.938 bits per heavy atom. The molecule has 0 aliphatic heterocycles. The van der Waals surface area contributed by atoms with Gasteiger partial charge in [-0.25, -0.2) is 0 Å². The lowest BCUT2D eigenvalue weighted by Gasteiger charge is -2.28. The van der Waals surface area contributed by atoms with Crippen molar-refractivity contribution in [1.82, 2.24) is 0 Å². The van der Waals surface area contributed by atoms with Crippen molar-refractivity contribution in [2.24, 2.45) is 5.73 Å². The zero-order valence-corrected chi connectivity index (χ0v) is 10.7. The summed E-state index contributed by atoms with van der Waals surface area (Å²) in [6, 6.07) is 5.05. The van der Waals surface area contributed by atoms with Gasteiger partial charge in [0, 0.05) is 6.04 Å². The Bertz CT molecular complexity index is 373. The van der Waals surface area contributed by atoms with Gasteiger partial charge in [0.25, 0.3) is 0 Å². The van der Waals surface area contributed by atoms with E-state index >= 15 is 0 Å². The molecular formula is C15H23N. The molecule has 1 heteroatoms. The minimum absolute atomic E-state index is 0.447. The molecule has 0 unspecified atom stereocenters. The Hall–Kier alpha value is -0.820. The molecule has 1 saturated carbocycles. The van der Waals surface area contributed by atoms with Crippen molar-refractivity contribution in [3.63, 3.8) is 0 Å². The van der Waals surface area contributed by atoms with Gasteiger partial charge in [0.15, 0.2) is 0 Å². The Morgan fingerprint density at radius 3 is 2.19 bits per heavy atom. The molecule has 0 amide bonds. The zero-order chi connectivity index (χ0) is 11.7. The van der Waals surface area contributed by atoms with E-state index in [0.717, 1.165) is 5.92 Å². The first-order chi connectivity index (χ1) is 7.59. The lowest BCUT2D eigenvalue weighted by molar-refractivity contribution is 0.394. The lowest BCUT2D eigenvalue weighted by atomic mass is 9.79. The molecule has 0 radical (unpaired) electrons. The maximum absolute atomic E-state index is 5.97. The standard InChI is InChI=1S/C15H23N/c1-10-4-9-15(12(3)11(10)2)13-5-7-14(16)8-6-13/h4,9,13-14H,5-8,16H2,1-3H3. The first-order valence-electron chi connectivity index (χ1n) is 6.42. The van der Waals surface area contributed by atoms with E-state index in [-0.39, 0.29) is 0 Å². The van der Waals surface area contributed by atoms with E-state index in [1.165, 1.54) is 42.4 Å². The fraction of sp³-hybridized carbons (Fsp3) is 0.600. The van der Waals surface area contributed by atoms with Crippen LogP contribution in [0.3, 0.4) is 0 Å². The van der Waals surface area contributed by atoms with Crippen LogP contribution in [-0.2, 0) is 0 Å². The molecule has 0 atom stereocenters. The minimum Gasteiger partial charge on any atom is -0.328 e. The van der Waals surface area contributed by atoms with Gasteiger partial charge in [-0.2, -0.15) is 0 Å². The fourth-order valence-corrected chi connectivity index (χ4v) is 2.85. The van der Waals surface area contributed by atoms with Gasteiger partial charge in [-0.3, -0.25) is 0 Å². The third kappa shape index (κ3) is 2.15. The van der Waals surface area contributed by atoms with Crippen molar-refractivity contribution in [3.05, 3.63) is 34.4 Å². The van der Waals surface area contributed by atoms with Gasteiger partial charge in [0.1, 0.15) is 0 Å². The summed E-state index contributed by atoms with van der Waals surface area (Å²) in [7, 11) is 0. The van der Waals surface area contributed by atoms with Crippen molar-refractivity contribution in [3.8, 4) is 0 Å². The van der Waals surface area contributed by atoms with Gasteiger partial charge < -0.3 is 5.73 Å². The van der Waals surface area contributed by atoms with Gasteiger partial charge in [-0.15, -0.1) is 0 Å². The number of nitrogens with two attached hydrogens (primary N) is 1. The average molecular weight is 217 g/mol. The molecule has 2 N–H and O–H groups in total. The molecule has 1 aromatic rings. The summed E-state index contributed by atoms with van der Waals surface area (Å²) in [6.07, 6.45) is 4.92. The summed E-state index contributed by atoms with van der Waals surface area (Å²) < 4.78 is 0. The molecule has 0 aromatic heterocycles. The maximum Gasteiger partial charge on any atom is 0.00392 e. The number of benzene rings is 1. The highest BCUT2D eigenvalue weighted by Gasteiger charge is 2.21. The highest BCUT2D eigenvalue weighted by Crippen LogP contribution is 2.35.